The van der Waals surface area contributed by atoms with E-state index in [9.17, 15) is 4.79 Å². The number of hydrogen-bond donors (Lipinski definition) is 0. The normalized spacial score (nSPS) is 21.1. The van der Waals surface area contributed by atoms with Gasteiger partial charge in [-0.25, -0.2) is 4.98 Å². The van der Waals surface area contributed by atoms with E-state index >= 15 is 0 Å². The molecule has 1 saturated carbocycles. The SMILES string of the molecule is O=C(N1CCN(c2ccnc(N3CCOCC3)n2)CC1)C1(c2ccc(Cl)cc2)CCCC1. The van der Waals surface area contributed by atoms with Crippen LogP contribution in [0.2, 0.25) is 5.02 Å². The van der Waals surface area contributed by atoms with Crippen LogP contribution in [0.4, 0.5) is 11.8 Å². The number of morpholine rings is 1. The van der Waals surface area contributed by atoms with Gasteiger partial charge in [0.1, 0.15) is 5.82 Å². The highest BCUT2D eigenvalue weighted by atomic mass is 35.5. The lowest BCUT2D eigenvalue weighted by atomic mass is 9.77. The van der Waals surface area contributed by atoms with Crippen molar-refractivity contribution in [3.05, 3.63) is 47.1 Å². The van der Waals surface area contributed by atoms with Crippen LogP contribution < -0.4 is 9.80 Å². The van der Waals surface area contributed by atoms with E-state index in [0.717, 1.165) is 69.2 Å². The zero-order chi connectivity index (χ0) is 22.0. The Morgan fingerprint density at radius 3 is 2.28 bits per heavy atom. The molecule has 0 radical (unpaired) electrons. The van der Waals surface area contributed by atoms with Gasteiger partial charge < -0.3 is 19.4 Å². The van der Waals surface area contributed by atoms with E-state index in [4.69, 9.17) is 21.3 Å². The second-order valence-corrected chi connectivity index (χ2v) is 9.33. The fourth-order valence-electron chi connectivity index (χ4n) is 5.25. The molecule has 3 fully saturated rings. The minimum atomic E-state index is -0.398. The molecule has 0 unspecified atom stereocenters. The Bertz CT molecular complexity index is 934. The lowest BCUT2D eigenvalue weighted by molar-refractivity contribution is -0.137. The van der Waals surface area contributed by atoms with Crippen LogP contribution >= 0.6 is 11.6 Å². The maximum Gasteiger partial charge on any atom is 0.233 e. The molecule has 1 aromatic heterocycles. The lowest BCUT2D eigenvalue weighted by Gasteiger charge is -2.40. The Morgan fingerprint density at radius 1 is 0.906 bits per heavy atom. The highest BCUT2D eigenvalue weighted by molar-refractivity contribution is 6.30. The van der Waals surface area contributed by atoms with Gasteiger partial charge in [0, 0.05) is 50.5 Å². The summed E-state index contributed by atoms with van der Waals surface area (Å²) in [6.07, 6.45) is 5.86. The summed E-state index contributed by atoms with van der Waals surface area (Å²) < 4.78 is 5.44. The molecule has 1 amide bonds. The van der Waals surface area contributed by atoms with Gasteiger partial charge in [0.15, 0.2) is 0 Å². The maximum atomic E-state index is 13.7. The number of nitrogens with zero attached hydrogens (tertiary/aromatic N) is 5. The highest BCUT2D eigenvalue weighted by Crippen LogP contribution is 2.43. The van der Waals surface area contributed by atoms with E-state index < -0.39 is 5.41 Å². The van der Waals surface area contributed by atoms with E-state index in [0.29, 0.717) is 31.3 Å². The monoisotopic (exact) mass is 455 g/mol. The summed E-state index contributed by atoms with van der Waals surface area (Å²) in [5, 5.41) is 0.712. The lowest BCUT2D eigenvalue weighted by Crippen LogP contribution is -2.54. The number of hydrogen-bond acceptors (Lipinski definition) is 6. The van der Waals surface area contributed by atoms with Gasteiger partial charge in [-0.1, -0.05) is 36.6 Å². The van der Waals surface area contributed by atoms with E-state index in [2.05, 4.69) is 19.7 Å². The number of piperazine rings is 1. The number of carbonyl (C=O) groups excluding carboxylic acids is 1. The van der Waals surface area contributed by atoms with Crippen LogP contribution in [-0.2, 0) is 14.9 Å². The van der Waals surface area contributed by atoms with Crippen LogP contribution in [0.15, 0.2) is 36.5 Å². The average Bonchev–Trinajstić information content (AvgIpc) is 3.36. The van der Waals surface area contributed by atoms with Crippen molar-refractivity contribution >= 4 is 29.3 Å². The van der Waals surface area contributed by atoms with Gasteiger partial charge in [-0.05, 0) is 36.6 Å². The predicted molar refractivity (Wildman–Crippen MR) is 125 cm³/mol. The molecule has 7 nitrogen and oxygen atoms in total. The van der Waals surface area contributed by atoms with Crippen molar-refractivity contribution in [3.63, 3.8) is 0 Å². The maximum absolute atomic E-state index is 13.7. The predicted octanol–water partition coefficient (Wildman–Crippen LogP) is 3.13. The van der Waals surface area contributed by atoms with Crippen molar-refractivity contribution in [2.45, 2.75) is 31.1 Å². The van der Waals surface area contributed by atoms with Gasteiger partial charge in [-0.15, -0.1) is 0 Å². The number of rotatable bonds is 4. The summed E-state index contributed by atoms with van der Waals surface area (Å²) in [6.45, 7) is 6.05. The van der Waals surface area contributed by atoms with Crippen molar-refractivity contribution in [1.82, 2.24) is 14.9 Å². The Kier molecular flexibility index (Phi) is 6.20. The van der Waals surface area contributed by atoms with Crippen LogP contribution in [0.3, 0.4) is 0 Å². The Labute approximate surface area is 194 Å². The molecule has 3 heterocycles. The van der Waals surface area contributed by atoms with Gasteiger partial charge in [0.05, 0.1) is 18.6 Å². The van der Waals surface area contributed by atoms with Crippen LogP contribution in [0, 0.1) is 0 Å². The largest absolute Gasteiger partial charge is 0.378 e. The molecule has 1 aliphatic carbocycles. The molecule has 0 spiro atoms. The van der Waals surface area contributed by atoms with E-state index in [-0.39, 0.29) is 5.91 Å². The topological polar surface area (TPSA) is 61.8 Å². The van der Waals surface area contributed by atoms with Crippen molar-refractivity contribution in [3.8, 4) is 0 Å². The van der Waals surface area contributed by atoms with E-state index in [1.807, 2.05) is 36.5 Å². The van der Waals surface area contributed by atoms with Crippen LogP contribution in [0.25, 0.3) is 0 Å². The third-order valence-electron chi connectivity index (χ3n) is 7.08. The fraction of sp³-hybridized carbons (Fsp3) is 0.542. The minimum Gasteiger partial charge on any atom is -0.378 e. The molecule has 5 rings (SSSR count). The summed E-state index contributed by atoms with van der Waals surface area (Å²) in [6, 6.07) is 9.85. The number of amides is 1. The summed E-state index contributed by atoms with van der Waals surface area (Å²) in [5.41, 5.74) is 0.711. The number of ether oxygens (including phenoxy) is 1. The first-order chi connectivity index (χ1) is 15.7. The summed E-state index contributed by atoms with van der Waals surface area (Å²) in [7, 11) is 0. The summed E-state index contributed by atoms with van der Waals surface area (Å²) in [5.74, 6) is 1.97. The molecule has 170 valence electrons. The first kappa shape index (κ1) is 21.5. The van der Waals surface area contributed by atoms with Crippen molar-refractivity contribution < 1.29 is 9.53 Å². The Hall–Kier alpha value is -2.38. The Balaban J connectivity index is 1.27. The molecule has 2 aromatic rings. The zero-order valence-electron chi connectivity index (χ0n) is 18.4. The van der Waals surface area contributed by atoms with Gasteiger partial charge >= 0.3 is 0 Å². The fourth-order valence-corrected chi connectivity index (χ4v) is 5.37. The number of halogens is 1. The second-order valence-electron chi connectivity index (χ2n) is 8.89. The molecule has 0 bridgehead atoms. The molecule has 0 N–H and O–H groups in total. The zero-order valence-corrected chi connectivity index (χ0v) is 19.1. The van der Waals surface area contributed by atoms with Gasteiger partial charge in [0.2, 0.25) is 11.9 Å². The Morgan fingerprint density at radius 2 is 1.59 bits per heavy atom. The first-order valence-electron chi connectivity index (χ1n) is 11.6. The van der Waals surface area contributed by atoms with E-state index in [1.165, 1.54) is 0 Å². The van der Waals surface area contributed by atoms with Crippen LogP contribution in [-0.4, -0.2) is 73.3 Å². The van der Waals surface area contributed by atoms with Gasteiger partial charge in [-0.2, -0.15) is 4.98 Å². The number of carbonyl (C=O) groups is 1. The molecule has 32 heavy (non-hydrogen) atoms. The smallest absolute Gasteiger partial charge is 0.233 e. The molecule has 1 aromatic carbocycles. The summed E-state index contributed by atoms with van der Waals surface area (Å²) >= 11 is 6.11. The third-order valence-corrected chi connectivity index (χ3v) is 7.33. The average molecular weight is 456 g/mol. The molecular weight excluding hydrogens is 426 g/mol. The molecular formula is C24H30ClN5O2. The molecule has 8 heteroatoms. The van der Waals surface area contributed by atoms with Crippen molar-refractivity contribution in [1.29, 1.82) is 0 Å². The number of aromatic nitrogens is 2. The quantitative estimate of drug-likeness (QED) is 0.705. The summed E-state index contributed by atoms with van der Waals surface area (Å²) in [4.78, 5) is 29.5. The first-order valence-corrected chi connectivity index (χ1v) is 12.0. The van der Waals surface area contributed by atoms with Crippen molar-refractivity contribution in [2.24, 2.45) is 0 Å². The third kappa shape index (κ3) is 4.16. The molecule has 2 saturated heterocycles. The van der Waals surface area contributed by atoms with E-state index in [1.54, 1.807) is 0 Å². The van der Waals surface area contributed by atoms with Gasteiger partial charge in [0.25, 0.3) is 0 Å². The highest BCUT2D eigenvalue weighted by Gasteiger charge is 2.45. The standard InChI is InChI=1S/C24H30ClN5O2/c25-20-5-3-19(4-6-20)24(8-1-2-9-24)22(31)29-13-11-28(12-14-29)21-7-10-26-23(27-21)30-15-17-32-18-16-30/h3-7,10H,1-2,8-9,11-18H2. The number of benzene rings is 1. The molecule has 2 aliphatic heterocycles. The van der Waals surface area contributed by atoms with Crippen LogP contribution in [0.1, 0.15) is 31.2 Å². The molecule has 0 atom stereocenters. The second kappa shape index (κ2) is 9.24. The van der Waals surface area contributed by atoms with Gasteiger partial charge in [-0.3, -0.25) is 4.79 Å². The minimum absolute atomic E-state index is 0.272. The molecule has 3 aliphatic rings. The van der Waals surface area contributed by atoms with Crippen LogP contribution in [0.5, 0.6) is 0 Å². The van der Waals surface area contributed by atoms with Crippen molar-refractivity contribution in [2.75, 3.05) is 62.3 Å². The number of anilines is 2.